The molecule has 2 N–H and O–H groups in total. The number of hydrogen-bond donors (Lipinski definition) is 2. The molecule has 0 aliphatic rings. The molecule has 0 radical (unpaired) electrons. The molecule has 0 unspecified atom stereocenters. The van der Waals surface area contributed by atoms with Crippen LogP contribution in [-0.4, -0.2) is 22.4 Å². The van der Waals surface area contributed by atoms with Crippen molar-refractivity contribution in [2.45, 2.75) is 13.0 Å². The molecule has 2 aromatic heterocycles. The molecule has 21 heavy (non-hydrogen) atoms. The second kappa shape index (κ2) is 7.15. The third kappa shape index (κ3) is 3.77. The van der Waals surface area contributed by atoms with Gasteiger partial charge in [0.1, 0.15) is 5.82 Å². The Morgan fingerprint density at radius 1 is 1.05 bits per heavy atom. The summed E-state index contributed by atoms with van der Waals surface area (Å²) in [5.74, 6) is 1.00. The molecule has 0 aliphatic heterocycles. The third-order valence-corrected chi connectivity index (χ3v) is 4.08. The first-order valence-corrected chi connectivity index (χ1v) is 7.89. The zero-order chi connectivity index (χ0) is 14.3. The van der Waals surface area contributed by atoms with Gasteiger partial charge in [0, 0.05) is 30.9 Å². The molecule has 3 rings (SSSR count). The largest absolute Gasteiger partial charge is 0.369 e. The van der Waals surface area contributed by atoms with Crippen LogP contribution in [0.25, 0.3) is 10.1 Å². The molecule has 2 heterocycles. The predicted molar refractivity (Wildman–Crippen MR) is 88.7 cm³/mol. The van der Waals surface area contributed by atoms with Gasteiger partial charge in [-0.05, 0) is 48.3 Å². The van der Waals surface area contributed by atoms with Crippen molar-refractivity contribution in [2.75, 3.05) is 18.4 Å². The lowest BCUT2D eigenvalue weighted by Crippen LogP contribution is -2.17. The van der Waals surface area contributed by atoms with Crippen LogP contribution in [0.1, 0.15) is 12.0 Å². The normalized spacial score (nSPS) is 10.9. The number of benzene rings is 1. The van der Waals surface area contributed by atoms with Gasteiger partial charge in [0.25, 0.3) is 0 Å². The van der Waals surface area contributed by atoms with E-state index < -0.39 is 0 Å². The SMILES string of the molecule is c1cncc(CNCCCNc2nsc3ccccc23)c1. The summed E-state index contributed by atoms with van der Waals surface area (Å²) in [5, 5.41) is 8.05. The van der Waals surface area contributed by atoms with Gasteiger partial charge in [-0.2, -0.15) is 4.37 Å². The highest BCUT2D eigenvalue weighted by molar-refractivity contribution is 7.13. The summed E-state index contributed by atoms with van der Waals surface area (Å²) < 4.78 is 5.69. The molecular weight excluding hydrogens is 280 g/mol. The summed E-state index contributed by atoms with van der Waals surface area (Å²) in [5.41, 5.74) is 1.22. The molecule has 0 amide bonds. The van der Waals surface area contributed by atoms with E-state index in [1.165, 1.54) is 15.6 Å². The van der Waals surface area contributed by atoms with Gasteiger partial charge in [0.2, 0.25) is 0 Å². The Kier molecular flexibility index (Phi) is 4.76. The lowest BCUT2D eigenvalue weighted by Gasteiger charge is -2.06. The van der Waals surface area contributed by atoms with E-state index in [-0.39, 0.29) is 0 Å². The van der Waals surface area contributed by atoms with Crippen molar-refractivity contribution in [3.8, 4) is 0 Å². The Balaban J connectivity index is 1.39. The van der Waals surface area contributed by atoms with Gasteiger partial charge in [-0.3, -0.25) is 4.98 Å². The van der Waals surface area contributed by atoms with E-state index in [4.69, 9.17) is 0 Å². The van der Waals surface area contributed by atoms with Crippen molar-refractivity contribution in [1.82, 2.24) is 14.7 Å². The van der Waals surface area contributed by atoms with Gasteiger partial charge in [-0.15, -0.1) is 0 Å². The average Bonchev–Trinajstić information content (AvgIpc) is 2.95. The molecule has 108 valence electrons. The average molecular weight is 298 g/mol. The predicted octanol–water partition coefficient (Wildman–Crippen LogP) is 3.28. The van der Waals surface area contributed by atoms with Crippen LogP contribution in [0.2, 0.25) is 0 Å². The molecule has 0 saturated carbocycles. The van der Waals surface area contributed by atoms with Crippen LogP contribution in [0.15, 0.2) is 48.8 Å². The smallest absolute Gasteiger partial charge is 0.147 e. The number of aromatic nitrogens is 2. The number of anilines is 1. The van der Waals surface area contributed by atoms with Gasteiger partial charge >= 0.3 is 0 Å². The topological polar surface area (TPSA) is 49.8 Å². The summed E-state index contributed by atoms with van der Waals surface area (Å²) in [6.07, 6.45) is 4.75. The van der Waals surface area contributed by atoms with Crippen LogP contribution < -0.4 is 10.6 Å². The highest BCUT2D eigenvalue weighted by atomic mass is 32.1. The lowest BCUT2D eigenvalue weighted by atomic mass is 10.2. The van der Waals surface area contributed by atoms with E-state index >= 15 is 0 Å². The monoisotopic (exact) mass is 298 g/mol. The Morgan fingerprint density at radius 3 is 2.90 bits per heavy atom. The number of fused-ring (bicyclic) bond motifs is 1. The van der Waals surface area contributed by atoms with E-state index in [0.717, 1.165) is 31.9 Å². The molecule has 3 aromatic rings. The Labute approximate surface area is 128 Å². The number of nitrogens with one attached hydrogen (secondary N) is 2. The van der Waals surface area contributed by atoms with Crippen molar-refractivity contribution in [3.05, 3.63) is 54.4 Å². The van der Waals surface area contributed by atoms with Gasteiger partial charge in [-0.1, -0.05) is 18.2 Å². The maximum absolute atomic E-state index is 4.46. The molecule has 5 heteroatoms. The zero-order valence-electron chi connectivity index (χ0n) is 11.7. The highest BCUT2D eigenvalue weighted by Gasteiger charge is 2.03. The molecule has 1 aromatic carbocycles. The first-order chi connectivity index (χ1) is 10.4. The molecular formula is C16H18N4S. The van der Waals surface area contributed by atoms with Crippen LogP contribution in [0, 0.1) is 0 Å². The van der Waals surface area contributed by atoms with E-state index in [1.54, 1.807) is 17.7 Å². The van der Waals surface area contributed by atoms with Gasteiger partial charge in [0.15, 0.2) is 0 Å². The second-order valence-corrected chi connectivity index (χ2v) is 5.65. The fourth-order valence-corrected chi connectivity index (χ4v) is 2.92. The first-order valence-electron chi connectivity index (χ1n) is 7.11. The van der Waals surface area contributed by atoms with Crippen molar-refractivity contribution in [1.29, 1.82) is 0 Å². The number of rotatable bonds is 7. The fraction of sp³-hybridized carbons (Fsp3) is 0.250. The molecule has 0 atom stereocenters. The summed E-state index contributed by atoms with van der Waals surface area (Å²) in [6.45, 7) is 2.77. The fourth-order valence-electron chi connectivity index (χ4n) is 2.17. The molecule has 4 nitrogen and oxygen atoms in total. The number of nitrogens with zero attached hydrogens (tertiary/aromatic N) is 2. The van der Waals surface area contributed by atoms with Gasteiger partial charge < -0.3 is 10.6 Å². The minimum absolute atomic E-state index is 0.869. The highest BCUT2D eigenvalue weighted by Crippen LogP contribution is 2.25. The lowest BCUT2D eigenvalue weighted by molar-refractivity contribution is 0.662. The van der Waals surface area contributed by atoms with Crippen molar-refractivity contribution < 1.29 is 0 Å². The maximum Gasteiger partial charge on any atom is 0.147 e. The van der Waals surface area contributed by atoms with Crippen molar-refractivity contribution >= 4 is 27.4 Å². The van der Waals surface area contributed by atoms with Gasteiger partial charge in [-0.25, -0.2) is 0 Å². The van der Waals surface area contributed by atoms with Crippen LogP contribution in [-0.2, 0) is 6.54 Å². The minimum Gasteiger partial charge on any atom is -0.369 e. The molecule has 0 bridgehead atoms. The minimum atomic E-state index is 0.869. The summed E-state index contributed by atoms with van der Waals surface area (Å²) in [6, 6.07) is 12.4. The van der Waals surface area contributed by atoms with Crippen molar-refractivity contribution in [3.63, 3.8) is 0 Å². The summed E-state index contributed by atoms with van der Waals surface area (Å²) in [4.78, 5) is 4.10. The van der Waals surface area contributed by atoms with E-state index in [2.05, 4.69) is 44.3 Å². The third-order valence-electron chi connectivity index (χ3n) is 3.25. The van der Waals surface area contributed by atoms with Crippen LogP contribution >= 0.6 is 11.5 Å². The number of pyridine rings is 1. The second-order valence-electron chi connectivity index (χ2n) is 4.85. The Bertz CT molecular complexity index is 681. The molecule has 0 spiro atoms. The van der Waals surface area contributed by atoms with E-state index in [1.807, 2.05) is 18.3 Å². The summed E-state index contributed by atoms with van der Waals surface area (Å²) >= 11 is 1.54. The molecule has 0 saturated heterocycles. The maximum atomic E-state index is 4.46. The first kappa shape index (κ1) is 14.0. The van der Waals surface area contributed by atoms with Crippen molar-refractivity contribution in [2.24, 2.45) is 0 Å². The zero-order valence-corrected chi connectivity index (χ0v) is 12.6. The Hall–Kier alpha value is -1.98. The van der Waals surface area contributed by atoms with E-state index in [9.17, 15) is 0 Å². The van der Waals surface area contributed by atoms with E-state index in [0.29, 0.717) is 0 Å². The Morgan fingerprint density at radius 2 is 2.00 bits per heavy atom. The van der Waals surface area contributed by atoms with Crippen LogP contribution in [0.4, 0.5) is 5.82 Å². The van der Waals surface area contributed by atoms with Crippen LogP contribution in [0.3, 0.4) is 0 Å². The van der Waals surface area contributed by atoms with Crippen LogP contribution in [0.5, 0.6) is 0 Å². The molecule has 0 aliphatic carbocycles. The quantitative estimate of drug-likeness (QED) is 0.657. The standard InChI is InChI=1S/C16H18N4S/c1-2-7-15-14(6-1)16(20-21-15)19-10-4-9-18-12-13-5-3-8-17-11-13/h1-3,5-8,11,18H,4,9-10,12H2,(H,19,20). The summed E-state index contributed by atoms with van der Waals surface area (Å²) in [7, 11) is 0. The van der Waals surface area contributed by atoms with Gasteiger partial charge in [0.05, 0.1) is 4.70 Å². The number of hydrogen-bond acceptors (Lipinski definition) is 5. The molecule has 0 fully saturated rings.